The lowest BCUT2D eigenvalue weighted by Crippen LogP contribution is -2.26. The number of halogens is 1. The van der Waals surface area contributed by atoms with Crippen molar-refractivity contribution in [2.45, 2.75) is 6.54 Å². The van der Waals surface area contributed by atoms with Crippen LogP contribution in [0, 0.1) is 10.1 Å². The third kappa shape index (κ3) is 4.93. The molecule has 0 saturated heterocycles. The molecule has 4 aromatic rings. The molecular weight excluding hydrogens is 428 g/mol. The molecule has 0 saturated carbocycles. The van der Waals surface area contributed by atoms with Crippen LogP contribution in [0.25, 0.3) is 0 Å². The second-order valence-corrected chi connectivity index (χ2v) is 7.21. The summed E-state index contributed by atoms with van der Waals surface area (Å²) in [4.78, 5) is 19.7. The lowest BCUT2D eigenvalue weighted by Gasteiger charge is -2.26. The van der Waals surface area contributed by atoms with Gasteiger partial charge >= 0.3 is 5.69 Å². The predicted molar refractivity (Wildman–Crippen MR) is 126 cm³/mol. The first-order chi connectivity index (χ1) is 15.6. The highest BCUT2D eigenvalue weighted by atomic mass is 35.5. The molecule has 0 aliphatic rings. The maximum absolute atomic E-state index is 12.0. The maximum Gasteiger partial charge on any atom is 0.354 e. The van der Waals surface area contributed by atoms with Crippen LogP contribution in [0.2, 0.25) is 5.02 Å². The second kappa shape index (κ2) is 9.76. The molecular formula is C23H19ClN6O2. The number of rotatable bonds is 8. The van der Waals surface area contributed by atoms with E-state index in [1.165, 1.54) is 6.33 Å². The van der Waals surface area contributed by atoms with E-state index in [1.807, 2.05) is 72.8 Å². The molecule has 32 heavy (non-hydrogen) atoms. The average molecular weight is 447 g/mol. The van der Waals surface area contributed by atoms with Crippen molar-refractivity contribution in [1.82, 2.24) is 9.97 Å². The first kappa shape index (κ1) is 21.1. The molecule has 3 aromatic carbocycles. The van der Waals surface area contributed by atoms with Crippen LogP contribution in [0.3, 0.4) is 0 Å². The van der Waals surface area contributed by atoms with Gasteiger partial charge in [0.05, 0.1) is 16.3 Å². The zero-order valence-corrected chi connectivity index (χ0v) is 17.6. The van der Waals surface area contributed by atoms with Gasteiger partial charge in [0.1, 0.15) is 6.33 Å². The fourth-order valence-electron chi connectivity index (χ4n) is 3.09. The molecule has 0 atom stereocenters. The van der Waals surface area contributed by atoms with Crippen molar-refractivity contribution in [2.75, 3.05) is 15.8 Å². The first-order valence-electron chi connectivity index (χ1n) is 9.76. The van der Waals surface area contributed by atoms with Gasteiger partial charge in [-0.15, -0.1) is 0 Å². The van der Waals surface area contributed by atoms with E-state index >= 15 is 0 Å². The van der Waals surface area contributed by atoms with Crippen LogP contribution in [-0.4, -0.2) is 14.9 Å². The molecule has 2 N–H and O–H groups in total. The largest absolute Gasteiger partial charge is 0.360 e. The topological polar surface area (TPSA) is 96.2 Å². The number of nitro groups is 1. The number of aromatic nitrogens is 2. The Kier molecular flexibility index (Phi) is 6.43. The molecule has 0 unspecified atom stereocenters. The van der Waals surface area contributed by atoms with E-state index in [0.717, 1.165) is 16.9 Å². The van der Waals surface area contributed by atoms with Crippen molar-refractivity contribution in [2.24, 2.45) is 0 Å². The van der Waals surface area contributed by atoms with Gasteiger partial charge in [0.2, 0.25) is 11.6 Å². The standard InChI is InChI=1S/C23H19ClN6O2/c24-18-13-11-17(12-14-18)15-25-22-21(30(31)32)23(27-16-26-22)28-29(19-7-3-1-4-8-19)20-9-5-2-6-10-20/h1-14,16H,15H2,(H2,25,26,27,28). The molecule has 0 spiro atoms. The molecule has 0 radical (unpaired) electrons. The van der Waals surface area contributed by atoms with Gasteiger partial charge in [-0.3, -0.25) is 20.5 Å². The first-order valence-corrected chi connectivity index (χ1v) is 10.1. The van der Waals surface area contributed by atoms with Crippen LogP contribution in [-0.2, 0) is 6.54 Å². The quantitative estimate of drug-likeness (QED) is 0.260. The number of hydrogen-bond acceptors (Lipinski definition) is 7. The van der Waals surface area contributed by atoms with Crippen molar-refractivity contribution >= 4 is 40.3 Å². The maximum atomic E-state index is 12.0. The van der Waals surface area contributed by atoms with Crippen molar-refractivity contribution in [3.05, 3.63) is 112 Å². The third-order valence-electron chi connectivity index (χ3n) is 4.62. The van der Waals surface area contributed by atoms with Gasteiger partial charge in [-0.1, -0.05) is 60.1 Å². The van der Waals surface area contributed by atoms with Gasteiger partial charge < -0.3 is 5.32 Å². The van der Waals surface area contributed by atoms with Gasteiger partial charge in [0, 0.05) is 11.6 Å². The molecule has 9 heteroatoms. The predicted octanol–water partition coefficient (Wildman–Crippen LogP) is 5.82. The van der Waals surface area contributed by atoms with Gasteiger partial charge in [0.25, 0.3) is 0 Å². The molecule has 4 rings (SSSR count). The van der Waals surface area contributed by atoms with E-state index in [2.05, 4.69) is 20.7 Å². The number of hydrazine groups is 1. The van der Waals surface area contributed by atoms with E-state index < -0.39 is 4.92 Å². The van der Waals surface area contributed by atoms with Crippen molar-refractivity contribution in [3.8, 4) is 0 Å². The lowest BCUT2D eigenvalue weighted by atomic mass is 10.2. The van der Waals surface area contributed by atoms with Crippen LogP contribution in [0.1, 0.15) is 5.56 Å². The van der Waals surface area contributed by atoms with Crippen molar-refractivity contribution in [3.63, 3.8) is 0 Å². The second-order valence-electron chi connectivity index (χ2n) is 6.77. The summed E-state index contributed by atoms with van der Waals surface area (Å²) >= 11 is 5.92. The van der Waals surface area contributed by atoms with Crippen LogP contribution in [0.5, 0.6) is 0 Å². The molecule has 0 bridgehead atoms. The Hall–Kier alpha value is -4.17. The molecule has 1 heterocycles. The van der Waals surface area contributed by atoms with E-state index in [1.54, 1.807) is 17.1 Å². The Labute approximate surface area is 189 Å². The van der Waals surface area contributed by atoms with Crippen LogP contribution in [0.4, 0.5) is 28.7 Å². The van der Waals surface area contributed by atoms with Crippen molar-refractivity contribution in [1.29, 1.82) is 0 Å². The van der Waals surface area contributed by atoms with E-state index in [9.17, 15) is 10.1 Å². The number of benzene rings is 3. The summed E-state index contributed by atoms with van der Waals surface area (Å²) in [6.45, 7) is 0.343. The van der Waals surface area contributed by atoms with Crippen molar-refractivity contribution < 1.29 is 4.92 Å². The Morgan fingerprint density at radius 1 is 0.844 bits per heavy atom. The SMILES string of the molecule is O=[N+]([O-])c1c(NCc2ccc(Cl)cc2)ncnc1NN(c1ccccc1)c1ccccc1. The molecule has 8 nitrogen and oxygen atoms in total. The minimum Gasteiger partial charge on any atom is -0.360 e. The fourth-order valence-corrected chi connectivity index (χ4v) is 3.22. The van der Waals surface area contributed by atoms with Gasteiger partial charge in [-0.2, -0.15) is 0 Å². The van der Waals surface area contributed by atoms with Crippen LogP contribution < -0.4 is 15.8 Å². The molecule has 0 aliphatic heterocycles. The summed E-state index contributed by atoms with van der Waals surface area (Å²) in [6, 6.07) is 26.1. The molecule has 0 amide bonds. The highest BCUT2D eigenvalue weighted by Gasteiger charge is 2.25. The third-order valence-corrected chi connectivity index (χ3v) is 4.88. The fraction of sp³-hybridized carbons (Fsp3) is 0.0435. The average Bonchev–Trinajstić information content (AvgIpc) is 2.83. The molecule has 0 aliphatic carbocycles. The summed E-state index contributed by atoms with van der Waals surface area (Å²) in [6.07, 6.45) is 1.29. The minimum absolute atomic E-state index is 0.0660. The zero-order valence-electron chi connectivity index (χ0n) is 16.9. The number of nitrogens with one attached hydrogen (secondary N) is 2. The van der Waals surface area contributed by atoms with Crippen LogP contribution in [0.15, 0.2) is 91.3 Å². The van der Waals surface area contributed by atoms with Gasteiger partial charge in [-0.05, 0) is 42.0 Å². The molecule has 0 fully saturated rings. The summed E-state index contributed by atoms with van der Waals surface area (Å²) in [7, 11) is 0. The highest BCUT2D eigenvalue weighted by molar-refractivity contribution is 6.30. The number of anilines is 4. The molecule has 160 valence electrons. The van der Waals surface area contributed by atoms with Gasteiger partial charge in [-0.25, -0.2) is 9.97 Å². The summed E-state index contributed by atoms with van der Waals surface area (Å²) in [5, 5.41) is 17.3. The Balaban J connectivity index is 1.66. The summed E-state index contributed by atoms with van der Waals surface area (Å²) in [5.74, 6) is 0.180. The van der Waals surface area contributed by atoms with Gasteiger partial charge in [0.15, 0.2) is 0 Å². The minimum atomic E-state index is -0.499. The van der Waals surface area contributed by atoms with Crippen LogP contribution >= 0.6 is 11.6 Å². The Bertz CT molecular complexity index is 1150. The number of para-hydroxylation sites is 2. The van der Waals surface area contributed by atoms with E-state index in [-0.39, 0.29) is 17.3 Å². The zero-order chi connectivity index (χ0) is 22.3. The summed E-state index contributed by atoms with van der Waals surface area (Å²) < 4.78 is 0. The number of nitrogens with zero attached hydrogens (tertiary/aromatic N) is 4. The molecule has 1 aromatic heterocycles. The monoisotopic (exact) mass is 446 g/mol. The highest BCUT2D eigenvalue weighted by Crippen LogP contribution is 2.33. The number of hydrogen-bond donors (Lipinski definition) is 2. The Morgan fingerprint density at radius 2 is 1.41 bits per heavy atom. The van der Waals surface area contributed by atoms with E-state index in [4.69, 9.17) is 11.6 Å². The normalized spacial score (nSPS) is 10.4. The smallest absolute Gasteiger partial charge is 0.354 e. The lowest BCUT2D eigenvalue weighted by molar-refractivity contribution is -0.383. The van der Waals surface area contributed by atoms with E-state index in [0.29, 0.717) is 11.6 Å². The summed E-state index contributed by atoms with van der Waals surface area (Å²) in [5.41, 5.74) is 5.34. The Morgan fingerprint density at radius 3 is 1.97 bits per heavy atom.